The molecule has 2 saturated heterocycles. The van der Waals surface area contributed by atoms with Gasteiger partial charge in [0.1, 0.15) is 0 Å². The monoisotopic (exact) mass is 212 g/mol. The molecule has 2 rings (SSSR count). The Hall–Kier alpha value is 0.500. The van der Waals surface area contributed by atoms with Crippen LogP contribution in [0.25, 0.3) is 0 Å². The second-order valence-corrected chi connectivity index (χ2v) is 3.53. The van der Waals surface area contributed by atoms with Crippen molar-refractivity contribution in [3.63, 3.8) is 0 Å². The molecule has 2 heterocycles. The van der Waals surface area contributed by atoms with Crippen molar-refractivity contribution >= 4 is 24.8 Å². The maximum absolute atomic E-state index is 5.66. The molecule has 2 fully saturated rings. The third-order valence-corrected chi connectivity index (χ3v) is 3.05. The standard InChI is InChI=1S/C8H16N2.2ClH/c9-6-7-3-5-10-4-1-2-8(7)10;;/h7-8H,1-6,9H2;2*1H/t7-,8-;;/m0../s1. The van der Waals surface area contributed by atoms with E-state index >= 15 is 0 Å². The number of nitrogens with two attached hydrogens (primary N) is 1. The van der Waals surface area contributed by atoms with Gasteiger partial charge in [0.25, 0.3) is 0 Å². The van der Waals surface area contributed by atoms with Crippen LogP contribution in [-0.4, -0.2) is 30.6 Å². The van der Waals surface area contributed by atoms with Crippen LogP contribution in [0.2, 0.25) is 0 Å². The fraction of sp³-hybridized carbons (Fsp3) is 1.00. The molecule has 0 aromatic heterocycles. The largest absolute Gasteiger partial charge is 0.330 e. The molecule has 2 aliphatic heterocycles. The van der Waals surface area contributed by atoms with Crippen LogP contribution in [0.4, 0.5) is 0 Å². The Morgan fingerprint density at radius 2 is 1.92 bits per heavy atom. The summed E-state index contributed by atoms with van der Waals surface area (Å²) in [7, 11) is 0. The zero-order valence-electron chi connectivity index (χ0n) is 7.24. The lowest BCUT2D eigenvalue weighted by atomic mass is 9.99. The van der Waals surface area contributed by atoms with E-state index in [4.69, 9.17) is 5.73 Å². The summed E-state index contributed by atoms with van der Waals surface area (Å²) in [6, 6.07) is 0.866. The molecule has 0 aliphatic carbocycles. The van der Waals surface area contributed by atoms with E-state index in [-0.39, 0.29) is 24.8 Å². The summed E-state index contributed by atoms with van der Waals surface area (Å²) in [6.07, 6.45) is 4.16. The summed E-state index contributed by atoms with van der Waals surface area (Å²) in [5.41, 5.74) is 5.66. The first-order valence-corrected chi connectivity index (χ1v) is 4.36. The molecule has 0 amide bonds. The summed E-state index contributed by atoms with van der Waals surface area (Å²) in [5.74, 6) is 0.822. The molecule has 2 N–H and O–H groups in total. The van der Waals surface area contributed by atoms with E-state index in [0.29, 0.717) is 0 Å². The van der Waals surface area contributed by atoms with Gasteiger partial charge in [-0.1, -0.05) is 0 Å². The molecule has 0 aromatic rings. The van der Waals surface area contributed by atoms with E-state index in [9.17, 15) is 0 Å². The fourth-order valence-corrected chi connectivity index (χ4v) is 2.46. The minimum Gasteiger partial charge on any atom is -0.330 e. The first-order valence-electron chi connectivity index (χ1n) is 4.36. The fourth-order valence-electron chi connectivity index (χ4n) is 2.46. The first kappa shape index (κ1) is 12.5. The molecule has 4 heteroatoms. The summed E-state index contributed by atoms with van der Waals surface area (Å²) in [5, 5.41) is 0. The number of halogens is 2. The van der Waals surface area contributed by atoms with Gasteiger partial charge in [-0.3, -0.25) is 0 Å². The highest BCUT2D eigenvalue weighted by Crippen LogP contribution is 2.31. The van der Waals surface area contributed by atoms with Crippen molar-refractivity contribution in [3.8, 4) is 0 Å². The van der Waals surface area contributed by atoms with Crippen LogP contribution in [0, 0.1) is 5.92 Å². The molecule has 12 heavy (non-hydrogen) atoms. The van der Waals surface area contributed by atoms with Crippen molar-refractivity contribution in [2.75, 3.05) is 19.6 Å². The van der Waals surface area contributed by atoms with Crippen LogP contribution in [0.15, 0.2) is 0 Å². The Morgan fingerprint density at radius 1 is 1.17 bits per heavy atom. The van der Waals surface area contributed by atoms with Gasteiger partial charge in [-0.2, -0.15) is 0 Å². The van der Waals surface area contributed by atoms with Gasteiger partial charge in [-0.25, -0.2) is 0 Å². The third-order valence-electron chi connectivity index (χ3n) is 3.05. The van der Waals surface area contributed by atoms with Crippen LogP contribution in [0.1, 0.15) is 19.3 Å². The van der Waals surface area contributed by atoms with Gasteiger partial charge < -0.3 is 10.6 Å². The predicted octanol–water partition coefficient (Wildman–Crippen LogP) is 1.27. The van der Waals surface area contributed by atoms with E-state index in [0.717, 1.165) is 18.5 Å². The highest BCUT2D eigenvalue weighted by Gasteiger charge is 2.35. The Bertz CT molecular complexity index is 132. The quantitative estimate of drug-likeness (QED) is 0.710. The maximum atomic E-state index is 5.66. The minimum absolute atomic E-state index is 0. The van der Waals surface area contributed by atoms with Gasteiger partial charge in [0.15, 0.2) is 0 Å². The molecule has 0 aromatic carbocycles. The third kappa shape index (κ3) is 2.05. The van der Waals surface area contributed by atoms with E-state index in [1.807, 2.05) is 0 Å². The minimum atomic E-state index is 0. The predicted molar refractivity (Wildman–Crippen MR) is 56.3 cm³/mol. The molecule has 0 bridgehead atoms. The van der Waals surface area contributed by atoms with Crippen molar-refractivity contribution in [1.82, 2.24) is 4.90 Å². The molecule has 74 valence electrons. The van der Waals surface area contributed by atoms with Crippen LogP contribution >= 0.6 is 24.8 Å². The van der Waals surface area contributed by atoms with Gasteiger partial charge >= 0.3 is 0 Å². The second-order valence-electron chi connectivity index (χ2n) is 3.53. The zero-order valence-corrected chi connectivity index (χ0v) is 8.87. The van der Waals surface area contributed by atoms with Gasteiger partial charge in [0, 0.05) is 6.04 Å². The molecule has 2 atom stereocenters. The zero-order chi connectivity index (χ0) is 6.97. The molecule has 0 radical (unpaired) electrons. The normalized spacial score (nSPS) is 33.8. The summed E-state index contributed by atoms with van der Waals surface area (Å²) in [4.78, 5) is 2.61. The van der Waals surface area contributed by atoms with Crippen LogP contribution in [0.3, 0.4) is 0 Å². The van der Waals surface area contributed by atoms with Crippen molar-refractivity contribution in [2.45, 2.75) is 25.3 Å². The Morgan fingerprint density at radius 3 is 2.58 bits per heavy atom. The topological polar surface area (TPSA) is 29.3 Å². The smallest absolute Gasteiger partial charge is 0.0136 e. The first-order chi connectivity index (χ1) is 4.92. The number of hydrogen-bond acceptors (Lipinski definition) is 2. The average molecular weight is 213 g/mol. The van der Waals surface area contributed by atoms with Crippen LogP contribution < -0.4 is 5.73 Å². The lowest BCUT2D eigenvalue weighted by molar-refractivity contribution is 0.293. The Balaban J connectivity index is 0.000000605. The highest BCUT2D eigenvalue weighted by atomic mass is 35.5. The molecule has 2 nitrogen and oxygen atoms in total. The van der Waals surface area contributed by atoms with Crippen molar-refractivity contribution in [1.29, 1.82) is 0 Å². The molecular weight excluding hydrogens is 195 g/mol. The molecule has 0 spiro atoms. The molecular formula is C8H18Cl2N2. The lowest BCUT2D eigenvalue weighted by Crippen LogP contribution is -2.29. The van der Waals surface area contributed by atoms with E-state index in [1.54, 1.807) is 0 Å². The Labute approximate surface area is 86.7 Å². The van der Waals surface area contributed by atoms with Gasteiger partial charge in [-0.05, 0) is 44.8 Å². The van der Waals surface area contributed by atoms with Crippen molar-refractivity contribution in [2.24, 2.45) is 11.7 Å². The second kappa shape index (κ2) is 5.28. The van der Waals surface area contributed by atoms with E-state index in [2.05, 4.69) is 4.90 Å². The molecule has 0 unspecified atom stereocenters. The highest BCUT2D eigenvalue weighted by molar-refractivity contribution is 5.85. The number of hydrogen-bond donors (Lipinski definition) is 1. The van der Waals surface area contributed by atoms with Crippen molar-refractivity contribution in [3.05, 3.63) is 0 Å². The van der Waals surface area contributed by atoms with Crippen LogP contribution in [0.5, 0.6) is 0 Å². The number of nitrogens with zero attached hydrogens (tertiary/aromatic N) is 1. The number of rotatable bonds is 1. The lowest BCUT2D eigenvalue weighted by Gasteiger charge is -2.18. The van der Waals surface area contributed by atoms with Gasteiger partial charge in [0.05, 0.1) is 0 Å². The summed E-state index contributed by atoms with van der Waals surface area (Å²) in [6.45, 7) is 3.55. The van der Waals surface area contributed by atoms with Gasteiger partial charge in [0.2, 0.25) is 0 Å². The van der Waals surface area contributed by atoms with Gasteiger partial charge in [-0.15, -0.1) is 24.8 Å². The summed E-state index contributed by atoms with van der Waals surface area (Å²) < 4.78 is 0. The van der Waals surface area contributed by atoms with Crippen molar-refractivity contribution < 1.29 is 0 Å². The summed E-state index contributed by atoms with van der Waals surface area (Å²) >= 11 is 0. The SMILES string of the molecule is Cl.Cl.NC[C@@H]1CCN2CCC[C@@H]12. The average Bonchev–Trinajstić information content (AvgIpc) is 2.44. The Kier molecular flexibility index (Phi) is 5.50. The van der Waals surface area contributed by atoms with E-state index in [1.165, 1.54) is 32.4 Å². The van der Waals surface area contributed by atoms with E-state index < -0.39 is 0 Å². The molecule has 2 aliphatic rings. The van der Waals surface area contributed by atoms with Crippen LogP contribution in [-0.2, 0) is 0 Å². The number of fused-ring (bicyclic) bond motifs is 1. The maximum Gasteiger partial charge on any atom is 0.0136 e. The molecule has 0 saturated carbocycles.